The maximum absolute atomic E-state index is 13.2. The van der Waals surface area contributed by atoms with Gasteiger partial charge in [-0.05, 0) is 180 Å². The van der Waals surface area contributed by atoms with Gasteiger partial charge in [0.25, 0.3) is 16.8 Å². The third kappa shape index (κ3) is 30.1. The second-order valence-corrected chi connectivity index (χ2v) is 25.9. The van der Waals surface area contributed by atoms with Crippen LogP contribution in [-0.4, -0.2) is 80.2 Å². The summed E-state index contributed by atoms with van der Waals surface area (Å²) in [6.07, 6.45) is -8.24. The Morgan fingerprint density at radius 1 is 0.496 bits per heavy atom. The van der Waals surface area contributed by atoms with Gasteiger partial charge in [0.15, 0.2) is 0 Å². The molecule has 8 aromatic carbocycles. The normalized spacial score (nSPS) is 12.5. The number of halogens is 18. The first-order chi connectivity index (χ1) is 55.5. The summed E-state index contributed by atoms with van der Waals surface area (Å²) < 4.78 is 180. The SMILES string of the molecule is CCN(CC)CC.CO.Cl.ClCCl.Nc1cc(C(F)(F)F)ccc1N1Cc2ccccc2C1.O=C(Cl)c1ccncc1.O=C(Nc1cc(C(F)(F)F)ccc1N1Cc2ccccc2C1)c1ccncc1.O=[N+]([O-])c1cc(C(F)(F)F)ccc1F.O=[N+]([O-])c1cc(C(F)(F)F)ccc1N1Cc2ccccc2C1.[2H]CF.c1ccc2c(c1)CCC2. The summed E-state index contributed by atoms with van der Waals surface area (Å²) >= 11 is 14.7. The van der Waals surface area contributed by atoms with Crippen LogP contribution in [0.1, 0.15) is 116 Å². The lowest BCUT2D eigenvalue weighted by molar-refractivity contribution is -0.387. The van der Waals surface area contributed by atoms with E-state index in [9.17, 15) is 91.3 Å². The molecule has 0 spiro atoms. The van der Waals surface area contributed by atoms with Gasteiger partial charge >= 0.3 is 30.4 Å². The fourth-order valence-electron chi connectivity index (χ4n) is 11.9. The number of pyridine rings is 2. The van der Waals surface area contributed by atoms with Gasteiger partial charge < -0.3 is 35.8 Å². The molecule has 3 aliphatic heterocycles. The fraction of sp³-hybridized carbons (Fsp3) is 0.268. The summed E-state index contributed by atoms with van der Waals surface area (Å²) in [5.41, 5.74) is 12.6. The number of rotatable bonds is 11. The molecule has 4 N–H and O–H groups in total. The van der Waals surface area contributed by atoms with E-state index in [1.54, 1.807) is 28.2 Å². The molecule has 10 aromatic rings. The number of hydrogen-bond donors (Lipinski definition) is 3. The molecule has 0 saturated carbocycles. The number of nitrogens with zero attached hydrogens (tertiary/aromatic N) is 8. The number of nitro groups is 2. The standard InChI is InChI=1S/C21H16F3N3O.C15H11F3N2O2.C15H13F3N2.C9H10.C7H3F4NO2.C6H4ClNO.C6H15N.CH2Cl2.CH3F.CH4O.ClH/c22-21(23,24)17-5-6-19(27-12-15-3-1-2-4-16(15)13-27)18(11-17)26-20(28)14-7-9-25-10-8-14;16-15(17,18)12-5-6-13(14(7-12)20(21)22)19-8-10-3-1-2-4-11(10)9-19;16-15(17,18)12-5-6-14(13(19)7-12)20-8-10-3-1-2-4-11(10)9-20;1-2-5-9-7-3-6-8(9)4-1;8-5-2-1-4(7(9,10)11)3-6(5)12(13)14;7-6(9)5-1-3-8-4-2-5;1-4-7(5-2)6-3;2-1-3;2*1-2;/h1-11H,12-13H2,(H,26,28);1-7H,8-9H2;1-7H,8-9,19H2;1-2,4-5H,3,6-7H2;1-3H;1-4H;4-6H2,1-3H3;1H2;1H3;2H,1H3;1H/i;;;;;;;;1D;;. The summed E-state index contributed by atoms with van der Waals surface area (Å²) in [5.74, 6) is -1.78. The molecule has 628 valence electrons. The van der Waals surface area contributed by atoms with Crippen molar-refractivity contribution in [2.75, 3.05) is 65.0 Å². The highest BCUT2D eigenvalue weighted by Crippen LogP contribution is 2.43. The van der Waals surface area contributed by atoms with Crippen molar-refractivity contribution < 1.29 is 87.4 Å². The molecule has 1 amide bonds. The second-order valence-electron chi connectivity index (χ2n) is 24.8. The van der Waals surface area contributed by atoms with E-state index in [0.29, 0.717) is 80.0 Å². The smallest absolute Gasteiger partial charge is 0.400 e. The van der Waals surface area contributed by atoms with Gasteiger partial charge in [-0.3, -0.25) is 44.2 Å². The van der Waals surface area contributed by atoms with Crippen molar-refractivity contribution in [2.24, 2.45) is 0 Å². The molecule has 1 aliphatic carbocycles. The van der Waals surface area contributed by atoms with Crippen molar-refractivity contribution >= 4 is 98.2 Å². The molecule has 0 radical (unpaired) electrons. The molecule has 0 saturated heterocycles. The largest absolute Gasteiger partial charge is 0.416 e. The zero-order valence-electron chi connectivity index (χ0n) is 64.1. The van der Waals surface area contributed by atoms with E-state index in [4.69, 9.17) is 47.0 Å². The number of carbonyl (C=O) groups is 2. The number of amides is 1. The zero-order valence-corrected chi connectivity index (χ0v) is 66.2. The number of anilines is 5. The lowest BCUT2D eigenvalue weighted by atomic mass is 10.1. The monoisotopic (exact) mass is 1730 g/mol. The van der Waals surface area contributed by atoms with Crippen LogP contribution in [0.4, 0.5) is 101 Å². The molecule has 35 heteroatoms. The molecule has 0 atom stereocenters. The van der Waals surface area contributed by atoms with Crippen molar-refractivity contribution in [1.29, 1.82) is 0 Å². The fourth-order valence-corrected chi connectivity index (χ4v) is 12.1. The zero-order chi connectivity index (χ0) is 86.8. The van der Waals surface area contributed by atoms with Gasteiger partial charge in [-0.15, -0.1) is 35.6 Å². The van der Waals surface area contributed by atoms with Crippen LogP contribution in [-0.2, 0) is 76.8 Å². The molecular weight excluding hydrogens is 1640 g/mol. The van der Waals surface area contributed by atoms with Crippen LogP contribution in [0.25, 0.3) is 0 Å². The van der Waals surface area contributed by atoms with Crippen LogP contribution >= 0.6 is 47.2 Å². The highest BCUT2D eigenvalue weighted by Gasteiger charge is 2.37. The Hall–Kier alpha value is -10.7. The van der Waals surface area contributed by atoms with Crippen LogP contribution in [0, 0.1) is 26.0 Å². The van der Waals surface area contributed by atoms with Gasteiger partial charge in [0, 0.05) is 94.4 Å². The number of hydrogen-bond acceptors (Lipinski definition) is 14. The van der Waals surface area contributed by atoms with Crippen molar-refractivity contribution in [3.05, 3.63) is 323 Å². The number of aliphatic hydroxyl groups excluding tert-OH is 1. The van der Waals surface area contributed by atoms with E-state index in [0.717, 1.165) is 59.7 Å². The number of nitrogens with two attached hydrogens (primary N) is 1. The molecule has 5 heterocycles. The van der Waals surface area contributed by atoms with Crippen LogP contribution in [0.15, 0.2) is 219 Å². The summed E-state index contributed by atoms with van der Waals surface area (Å²) in [6.45, 7) is 13.5. The Morgan fingerprint density at radius 2 is 0.795 bits per heavy atom. The van der Waals surface area contributed by atoms with Crippen LogP contribution in [0.3, 0.4) is 0 Å². The Bertz CT molecular complexity index is 4730. The van der Waals surface area contributed by atoms with Gasteiger partial charge in [-0.25, -0.2) is 0 Å². The maximum Gasteiger partial charge on any atom is 0.416 e. The van der Waals surface area contributed by atoms with E-state index in [2.05, 4.69) is 65.2 Å². The molecule has 117 heavy (non-hydrogen) atoms. The Morgan fingerprint density at radius 3 is 1.12 bits per heavy atom. The lowest BCUT2D eigenvalue weighted by Crippen LogP contribution is -2.21. The van der Waals surface area contributed by atoms with E-state index < -0.39 is 92.3 Å². The molecule has 17 nitrogen and oxygen atoms in total. The average molecular weight is 1730 g/mol. The van der Waals surface area contributed by atoms with Gasteiger partial charge in [0.05, 0.1) is 68.7 Å². The molecule has 0 fully saturated rings. The number of benzene rings is 8. The number of carbonyl (C=O) groups excluding carboxylic acids is 2. The Labute approximate surface area is 688 Å². The highest BCUT2D eigenvalue weighted by atomic mass is 35.5. The number of aromatic nitrogens is 2. The van der Waals surface area contributed by atoms with E-state index >= 15 is 0 Å². The van der Waals surface area contributed by atoms with Crippen LogP contribution in [0.5, 0.6) is 0 Å². The predicted molar refractivity (Wildman–Crippen MR) is 430 cm³/mol. The maximum atomic E-state index is 13.2. The topological polar surface area (TPSA) is 217 Å². The first-order valence-corrected chi connectivity index (χ1v) is 36.5. The minimum atomic E-state index is -4.71. The highest BCUT2D eigenvalue weighted by molar-refractivity contribution is 6.67. The predicted octanol–water partition coefficient (Wildman–Crippen LogP) is 22.6. The van der Waals surface area contributed by atoms with Crippen LogP contribution < -0.4 is 25.8 Å². The Kier molecular flexibility index (Phi) is 39.3. The molecule has 0 bridgehead atoms. The minimum Gasteiger partial charge on any atom is -0.400 e. The quantitative estimate of drug-likeness (QED) is 0.0274. The third-order valence-corrected chi connectivity index (χ3v) is 17.9. The average Bonchev–Trinajstić information content (AvgIpc) is 1.58. The van der Waals surface area contributed by atoms with Crippen LogP contribution in [0.2, 0.25) is 0 Å². The molecule has 2 aromatic heterocycles. The van der Waals surface area contributed by atoms with Crippen molar-refractivity contribution in [3.8, 4) is 0 Å². The molecule has 0 unspecified atom stereocenters. The first kappa shape index (κ1) is 96.9. The second kappa shape index (κ2) is 47.5. The number of fused-ring (bicyclic) bond motifs is 4. The van der Waals surface area contributed by atoms with Gasteiger partial charge in [0.2, 0.25) is 5.82 Å². The summed E-state index contributed by atoms with van der Waals surface area (Å²) in [7, 11) is 0. The molecule has 14 rings (SSSR count). The van der Waals surface area contributed by atoms with Crippen molar-refractivity contribution in [1.82, 2.24) is 14.9 Å². The third-order valence-electron chi connectivity index (χ3n) is 17.6. The molecular formula is C82H82Cl4F14N10O7. The Balaban J connectivity index is 0.000000297. The van der Waals surface area contributed by atoms with E-state index in [-0.39, 0.29) is 40.9 Å². The number of nitrogen functional groups attached to an aromatic ring is 1. The van der Waals surface area contributed by atoms with Crippen molar-refractivity contribution in [3.63, 3.8) is 0 Å². The van der Waals surface area contributed by atoms with Gasteiger partial charge in [-0.1, -0.05) is 118 Å². The summed E-state index contributed by atoms with van der Waals surface area (Å²) in [4.78, 5) is 57.8. The number of nitro benzene ring substituents is 2. The van der Waals surface area contributed by atoms with E-state index in [1.165, 1.54) is 105 Å². The van der Waals surface area contributed by atoms with Crippen molar-refractivity contribution in [2.45, 2.75) is 104 Å². The minimum absolute atomic E-state index is 0. The summed E-state index contributed by atoms with van der Waals surface area (Å²) in [6, 6.07) is 48.9. The number of aryl methyl sites for hydroxylation is 2. The first-order valence-electron chi connectivity index (χ1n) is 35.7. The van der Waals surface area contributed by atoms with Gasteiger partial charge in [-0.2, -0.15) is 57.1 Å². The lowest BCUT2D eigenvalue weighted by Gasteiger charge is -2.23. The number of aliphatic hydroxyl groups is 1. The number of nitrogens with one attached hydrogen (secondary N) is 1. The summed E-state index contributed by atoms with van der Waals surface area (Å²) in [5, 5.41) is 30.6. The number of alkyl halides is 15. The van der Waals surface area contributed by atoms with E-state index in [1.807, 2.05) is 82.6 Å². The molecule has 4 aliphatic rings. The van der Waals surface area contributed by atoms with Gasteiger partial charge in [0.1, 0.15) is 5.69 Å².